The van der Waals surface area contributed by atoms with Gasteiger partial charge in [-0.2, -0.15) is 4.31 Å². The predicted molar refractivity (Wildman–Crippen MR) is 119 cm³/mol. The lowest BCUT2D eigenvalue weighted by molar-refractivity contribution is -0.120. The summed E-state index contributed by atoms with van der Waals surface area (Å²) in [7, 11) is -3.79. The Hall–Kier alpha value is -2.16. The van der Waals surface area contributed by atoms with E-state index < -0.39 is 21.8 Å². The molecule has 6 nitrogen and oxygen atoms in total. The van der Waals surface area contributed by atoms with Crippen LogP contribution in [-0.2, 0) is 14.8 Å². The first kappa shape index (κ1) is 22.0. The van der Waals surface area contributed by atoms with Crippen LogP contribution in [0.1, 0.15) is 25.7 Å². The van der Waals surface area contributed by atoms with Crippen molar-refractivity contribution in [3.8, 4) is 0 Å². The van der Waals surface area contributed by atoms with E-state index >= 15 is 0 Å². The van der Waals surface area contributed by atoms with Crippen molar-refractivity contribution in [2.75, 3.05) is 36.4 Å². The van der Waals surface area contributed by atoms with Crippen LogP contribution in [0.3, 0.4) is 0 Å². The first-order valence-electron chi connectivity index (χ1n) is 10.5. The minimum absolute atomic E-state index is 0.0288. The maximum atomic E-state index is 13.2. The fourth-order valence-electron chi connectivity index (χ4n) is 4.21. The molecule has 1 amide bonds. The third-order valence-corrected chi connectivity index (χ3v) is 7.98. The number of amides is 1. The molecule has 9 heteroatoms. The Morgan fingerprint density at radius 3 is 2.45 bits per heavy atom. The van der Waals surface area contributed by atoms with E-state index in [4.69, 9.17) is 11.6 Å². The molecule has 2 saturated heterocycles. The Kier molecular flexibility index (Phi) is 6.50. The Bertz CT molecular complexity index is 1060. The molecule has 1 N–H and O–H groups in total. The highest BCUT2D eigenvalue weighted by molar-refractivity contribution is 7.89. The summed E-state index contributed by atoms with van der Waals surface area (Å²) in [5.41, 5.74) is 1.58. The van der Waals surface area contributed by atoms with E-state index in [9.17, 15) is 17.6 Å². The van der Waals surface area contributed by atoms with E-state index in [1.54, 1.807) is 6.07 Å². The van der Waals surface area contributed by atoms with Crippen molar-refractivity contribution in [3.63, 3.8) is 0 Å². The predicted octanol–water partition coefficient (Wildman–Crippen LogP) is 4.12. The number of carbonyl (C=O) groups excluding carboxylic acids is 1. The molecule has 166 valence electrons. The molecule has 0 bridgehead atoms. The van der Waals surface area contributed by atoms with Crippen LogP contribution in [0.5, 0.6) is 0 Å². The van der Waals surface area contributed by atoms with Gasteiger partial charge in [-0.1, -0.05) is 11.6 Å². The zero-order valence-corrected chi connectivity index (χ0v) is 18.6. The number of benzene rings is 2. The number of nitrogens with one attached hydrogen (secondary N) is 1. The molecule has 0 aromatic heterocycles. The summed E-state index contributed by atoms with van der Waals surface area (Å²) in [6.07, 6.45) is 3.39. The second-order valence-corrected chi connectivity index (χ2v) is 10.4. The normalized spacial score (nSPS) is 20.1. The van der Waals surface area contributed by atoms with Crippen LogP contribution in [0.2, 0.25) is 5.02 Å². The van der Waals surface area contributed by atoms with Gasteiger partial charge in [-0.15, -0.1) is 0 Å². The number of sulfonamides is 1. The minimum Gasteiger partial charge on any atom is -0.370 e. The largest absolute Gasteiger partial charge is 0.370 e. The zero-order valence-electron chi connectivity index (χ0n) is 17.1. The molecule has 0 spiro atoms. The van der Waals surface area contributed by atoms with Gasteiger partial charge in [0, 0.05) is 31.2 Å². The maximum Gasteiger partial charge on any atom is 0.243 e. The summed E-state index contributed by atoms with van der Waals surface area (Å²) in [5, 5.41) is 3.51. The first-order valence-corrected chi connectivity index (χ1v) is 12.3. The first-order chi connectivity index (χ1) is 14.8. The smallest absolute Gasteiger partial charge is 0.243 e. The summed E-state index contributed by atoms with van der Waals surface area (Å²) in [5.74, 6) is -1.19. The fraction of sp³-hybridized carbons (Fsp3) is 0.409. The zero-order chi connectivity index (χ0) is 22.0. The van der Waals surface area contributed by atoms with E-state index in [0.717, 1.165) is 43.8 Å². The molecule has 2 aliphatic rings. The summed E-state index contributed by atoms with van der Waals surface area (Å²) in [4.78, 5) is 15.3. The van der Waals surface area contributed by atoms with Crippen LogP contribution in [0.4, 0.5) is 15.8 Å². The summed E-state index contributed by atoms with van der Waals surface area (Å²) in [6.45, 7) is 2.28. The second kappa shape index (κ2) is 9.14. The van der Waals surface area contributed by atoms with Crippen LogP contribution in [0.25, 0.3) is 0 Å². The van der Waals surface area contributed by atoms with E-state index in [-0.39, 0.29) is 17.3 Å². The van der Waals surface area contributed by atoms with E-state index in [0.29, 0.717) is 30.1 Å². The van der Waals surface area contributed by atoms with Gasteiger partial charge in [-0.25, -0.2) is 12.8 Å². The lowest BCUT2D eigenvalue weighted by Crippen LogP contribution is -2.43. The van der Waals surface area contributed by atoms with Gasteiger partial charge >= 0.3 is 0 Å². The van der Waals surface area contributed by atoms with Crippen molar-refractivity contribution < 1.29 is 17.6 Å². The number of piperidine rings is 1. The molecule has 2 heterocycles. The average molecular weight is 466 g/mol. The maximum absolute atomic E-state index is 13.2. The lowest BCUT2D eigenvalue weighted by Gasteiger charge is -2.31. The molecule has 0 saturated carbocycles. The van der Waals surface area contributed by atoms with Gasteiger partial charge in [-0.3, -0.25) is 4.79 Å². The number of rotatable bonds is 5. The van der Waals surface area contributed by atoms with Gasteiger partial charge < -0.3 is 10.2 Å². The van der Waals surface area contributed by atoms with Gasteiger partial charge in [0.05, 0.1) is 22.2 Å². The van der Waals surface area contributed by atoms with Gasteiger partial charge in [-0.05, 0) is 68.1 Å². The van der Waals surface area contributed by atoms with Crippen LogP contribution in [-0.4, -0.2) is 44.8 Å². The Labute approximate surface area is 187 Å². The molecule has 2 fully saturated rings. The number of hydrogen-bond acceptors (Lipinski definition) is 4. The SMILES string of the molecule is O=C(Nc1cc(Cl)ccc1N1CCCC1)C1CCCN(S(=O)(=O)c2ccc(F)cc2)C1. The van der Waals surface area contributed by atoms with Gasteiger partial charge in [0.15, 0.2) is 0 Å². The average Bonchev–Trinajstić information content (AvgIpc) is 3.29. The molecule has 1 atom stereocenters. The number of nitrogens with zero attached hydrogens (tertiary/aromatic N) is 2. The second-order valence-electron chi connectivity index (χ2n) is 8.00. The Morgan fingerprint density at radius 1 is 1.03 bits per heavy atom. The van der Waals surface area contributed by atoms with Crippen molar-refractivity contribution in [1.29, 1.82) is 0 Å². The number of carbonyl (C=O) groups is 1. The molecule has 31 heavy (non-hydrogen) atoms. The van der Waals surface area contributed by atoms with Crippen molar-refractivity contribution in [1.82, 2.24) is 4.31 Å². The Balaban J connectivity index is 1.50. The molecule has 4 rings (SSSR count). The summed E-state index contributed by atoms with van der Waals surface area (Å²) in [6, 6.07) is 10.2. The number of hydrogen-bond donors (Lipinski definition) is 1. The molecular formula is C22H25ClFN3O3S. The van der Waals surface area contributed by atoms with Crippen molar-refractivity contribution in [2.24, 2.45) is 5.92 Å². The van der Waals surface area contributed by atoms with Crippen LogP contribution >= 0.6 is 11.6 Å². The highest BCUT2D eigenvalue weighted by Crippen LogP contribution is 2.33. The molecule has 2 aromatic rings. The van der Waals surface area contributed by atoms with Crippen molar-refractivity contribution >= 4 is 38.9 Å². The van der Waals surface area contributed by atoms with Gasteiger partial charge in [0.2, 0.25) is 15.9 Å². The van der Waals surface area contributed by atoms with Crippen molar-refractivity contribution in [2.45, 2.75) is 30.6 Å². The minimum atomic E-state index is -3.79. The Morgan fingerprint density at radius 2 is 1.74 bits per heavy atom. The van der Waals surface area contributed by atoms with Gasteiger partial charge in [0.1, 0.15) is 5.82 Å². The van der Waals surface area contributed by atoms with Crippen molar-refractivity contribution in [3.05, 3.63) is 53.3 Å². The van der Waals surface area contributed by atoms with E-state index in [1.807, 2.05) is 12.1 Å². The fourth-order valence-corrected chi connectivity index (χ4v) is 5.90. The third kappa shape index (κ3) is 4.86. The van der Waals surface area contributed by atoms with E-state index in [1.165, 1.54) is 16.4 Å². The molecule has 1 unspecified atom stereocenters. The third-order valence-electron chi connectivity index (χ3n) is 5.87. The highest BCUT2D eigenvalue weighted by atomic mass is 35.5. The molecule has 2 aromatic carbocycles. The van der Waals surface area contributed by atoms with Crippen LogP contribution in [0, 0.1) is 11.7 Å². The van der Waals surface area contributed by atoms with E-state index in [2.05, 4.69) is 10.2 Å². The monoisotopic (exact) mass is 465 g/mol. The topological polar surface area (TPSA) is 69.7 Å². The lowest BCUT2D eigenvalue weighted by atomic mass is 9.98. The summed E-state index contributed by atoms with van der Waals surface area (Å²) < 4.78 is 40.4. The highest BCUT2D eigenvalue weighted by Gasteiger charge is 2.33. The van der Waals surface area contributed by atoms with Gasteiger partial charge in [0.25, 0.3) is 0 Å². The number of anilines is 2. The van der Waals surface area contributed by atoms with Crippen LogP contribution < -0.4 is 10.2 Å². The molecular weight excluding hydrogens is 441 g/mol. The quantitative estimate of drug-likeness (QED) is 0.721. The summed E-state index contributed by atoms with van der Waals surface area (Å²) >= 11 is 6.17. The number of halogens is 2. The molecule has 0 aliphatic carbocycles. The van der Waals surface area contributed by atoms with Crippen LogP contribution in [0.15, 0.2) is 47.4 Å². The molecule has 2 aliphatic heterocycles. The standard InChI is InChI=1S/C22H25ClFN3O3S/c23-17-5-10-21(26-11-1-2-12-26)20(14-17)25-22(28)16-4-3-13-27(15-16)31(29,30)19-8-6-18(24)7-9-19/h5-10,14,16H,1-4,11-13,15H2,(H,25,28). The molecule has 0 radical (unpaired) electrons.